The van der Waals surface area contributed by atoms with Crippen molar-refractivity contribution in [3.8, 4) is 0 Å². The van der Waals surface area contributed by atoms with Gasteiger partial charge in [-0.3, -0.25) is 0 Å². The van der Waals surface area contributed by atoms with Gasteiger partial charge in [0.2, 0.25) is 10.0 Å². The summed E-state index contributed by atoms with van der Waals surface area (Å²) in [6.45, 7) is 1.96. The quantitative estimate of drug-likeness (QED) is 0.685. The summed E-state index contributed by atoms with van der Waals surface area (Å²) in [6, 6.07) is 3.29. The standard InChI is InChI=1S/C10H16BrNO4S2/c1-15-7-8-16-6-2-5-12-18(13,14)10-4-3-9(11)17-10/h3-4,12H,2,5-8H2,1H3. The molecule has 0 saturated carbocycles. The summed E-state index contributed by atoms with van der Waals surface area (Å²) in [6.07, 6.45) is 0.634. The minimum absolute atomic E-state index is 0.315. The van der Waals surface area contributed by atoms with Crippen LogP contribution >= 0.6 is 27.3 Å². The first kappa shape index (κ1) is 16.1. The lowest BCUT2D eigenvalue weighted by molar-refractivity contribution is 0.0699. The Labute approximate surface area is 120 Å². The van der Waals surface area contributed by atoms with Crippen LogP contribution in [0.25, 0.3) is 0 Å². The smallest absolute Gasteiger partial charge is 0.250 e. The molecule has 0 fully saturated rings. The first-order chi connectivity index (χ1) is 8.56. The first-order valence-corrected chi connectivity index (χ1v) is 8.47. The van der Waals surface area contributed by atoms with E-state index in [4.69, 9.17) is 9.47 Å². The van der Waals surface area contributed by atoms with Crippen LogP contribution in [0.2, 0.25) is 0 Å². The summed E-state index contributed by atoms with van der Waals surface area (Å²) >= 11 is 4.42. The summed E-state index contributed by atoms with van der Waals surface area (Å²) in [4.78, 5) is 0. The van der Waals surface area contributed by atoms with Gasteiger partial charge in [0.05, 0.1) is 17.0 Å². The number of methoxy groups -OCH3 is 1. The number of rotatable bonds is 9. The molecule has 0 amide bonds. The van der Waals surface area contributed by atoms with Gasteiger partial charge >= 0.3 is 0 Å². The number of nitrogens with one attached hydrogen (secondary N) is 1. The van der Waals surface area contributed by atoms with E-state index in [0.29, 0.717) is 37.0 Å². The topological polar surface area (TPSA) is 64.6 Å². The third-order valence-electron chi connectivity index (χ3n) is 2.00. The summed E-state index contributed by atoms with van der Waals surface area (Å²) in [7, 11) is -1.77. The second kappa shape index (κ2) is 8.23. The van der Waals surface area contributed by atoms with Gasteiger partial charge in [0.25, 0.3) is 0 Å². The lowest BCUT2D eigenvalue weighted by Crippen LogP contribution is -2.25. The van der Waals surface area contributed by atoms with Crippen molar-refractivity contribution in [3.05, 3.63) is 15.9 Å². The Morgan fingerprint density at radius 2 is 2.11 bits per heavy atom. The van der Waals surface area contributed by atoms with Gasteiger partial charge in [0.1, 0.15) is 4.21 Å². The number of hydrogen-bond donors (Lipinski definition) is 1. The van der Waals surface area contributed by atoms with Gasteiger partial charge in [-0.2, -0.15) is 0 Å². The largest absolute Gasteiger partial charge is 0.382 e. The molecular formula is C10H16BrNO4S2. The monoisotopic (exact) mass is 357 g/mol. The Balaban J connectivity index is 2.22. The summed E-state index contributed by atoms with van der Waals surface area (Å²) in [5.74, 6) is 0. The molecule has 0 saturated heterocycles. The van der Waals surface area contributed by atoms with Crippen molar-refractivity contribution in [2.45, 2.75) is 10.6 Å². The van der Waals surface area contributed by atoms with Crippen molar-refractivity contribution < 1.29 is 17.9 Å². The van der Waals surface area contributed by atoms with Crippen molar-refractivity contribution >= 4 is 37.3 Å². The molecule has 104 valence electrons. The third-order valence-corrected chi connectivity index (χ3v) is 5.58. The molecule has 8 heteroatoms. The van der Waals surface area contributed by atoms with E-state index in [1.807, 2.05) is 0 Å². The molecular weight excluding hydrogens is 342 g/mol. The highest BCUT2D eigenvalue weighted by Gasteiger charge is 2.15. The molecule has 1 N–H and O–H groups in total. The molecule has 18 heavy (non-hydrogen) atoms. The molecule has 0 aliphatic heterocycles. The van der Waals surface area contributed by atoms with E-state index in [-0.39, 0.29) is 0 Å². The molecule has 0 bridgehead atoms. The maximum Gasteiger partial charge on any atom is 0.250 e. The van der Waals surface area contributed by atoms with Crippen LogP contribution in [0.3, 0.4) is 0 Å². The van der Waals surface area contributed by atoms with E-state index >= 15 is 0 Å². The van der Waals surface area contributed by atoms with Crippen molar-refractivity contribution in [1.82, 2.24) is 4.72 Å². The molecule has 1 heterocycles. The third kappa shape index (κ3) is 5.77. The second-order valence-corrected chi connectivity index (χ2v) is 7.87. The lowest BCUT2D eigenvalue weighted by Gasteiger charge is -2.05. The summed E-state index contributed by atoms with van der Waals surface area (Å²) in [5, 5.41) is 0. The van der Waals surface area contributed by atoms with E-state index in [2.05, 4.69) is 20.7 Å². The fourth-order valence-corrected chi connectivity index (χ4v) is 4.27. The molecule has 1 aromatic rings. The van der Waals surface area contributed by atoms with Crippen LogP contribution < -0.4 is 4.72 Å². The van der Waals surface area contributed by atoms with Gasteiger partial charge < -0.3 is 9.47 Å². The molecule has 0 aromatic carbocycles. The molecule has 1 aromatic heterocycles. The Hall–Kier alpha value is 0.01000. The minimum Gasteiger partial charge on any atom is -0.382 e. The molecule has 0 atom stereocenters. The molecule has 1 rings (SSSR count). The predicted molar refractivity (Wildman–Crippen MR) is 74.5 cm³/mol. The van der Waals surface area contributed by atoms with Crippen LogP contribution in [0, 0.1) is 0 Å². The van der Waals surface area contributed by atoms with Crippen molar-refractivity contribution in [2.75, 3.05) is 33.5 Å². The van der Waals surface area contributed by atoms with Gasteiger partial charge in [-0.05, 0) is 34.5 Å². The van der Waals surface area contributed by atoms with Crippen molar-refractivity contribution in [1.29, 1.82) is 0 Å². The minimum atomic E-state index is -3.38. The van der Waals surface area contributed by atoms with Gasteiger partial charge in [-0.15, -0.1) is 11.3 Å². The van der Waals surface area contributed by atoms with Gasteiger partial charge in [0.15, 0.2) is 0 Å². The Kier molecular flexibility index (Phi) is 7.35. The van der Waals surface area contributed by atoms with E-state index < -0.39 is 10.0 Å². The maximum absolute atomic E-state index is 11.8. The van der Waals surface area contributed by atoms with Crippen LogP contribution in [-0.4, -0.2) is 41.9 Å². The Morgan fingerprint density at radius 1 is 1.33 bits per heavy atom. The van der Waals surface area contributed by atoms with E-state index in [1.54, 1.807) is 19.2 Å². The number of halogens is 1. The van der Waals surface area contributed by atoms with Gasteiger partial charge in [0, 0.05) is 20.3 Å². The predicted octanol–water partition coefficient (Wildman–Crippen LogP) is 1.84. The Morgan fingerprint density at radius 3 is 2.72 bits per heavy atom. The first-order valence-electron chi connectivity index (χ1n) is 5.38. The van der Waals surface area contributed by atoms with Crippen molar-refractivity contribution in [2.24, 2.45) is 0 Å². The molecule has 0 radical (unpaired) electrons. The zero-order chi connectivity index (χ0) is 13.4. The molecule has 0 aliphatic rings. The van der Waals surface area contributed by atoms with Crippen LogP contribution in [0.1, 0.15) is 6.42 Å². The number of sulfonamides is 1. The number of hydrogen-bond acceptors (Lipinski definition) is 5. The zero-order valence-corrected chi connectivity index (χ0v) is 13.2. The fourth-order valence-electron chi connectivity index (χ4n) is 1.14. The highest BCUT2D eigenvalue weighted by atomic mass is 79.9. The highest BCUT2D eigenvalue weighted by Crippen LogP contribution is 2.25. The summed E-state index contributed by atoms with van der Waals surface area (Å²) < 4.78 is 37.3. The molecule has 0 aliphatic carbocycles. The number of thiophene rings is 1. The normalized spacial score (nSPS) is 11.9. The second-order valence-electron chi connectivity index (χ2n) is 3.42. The van der Waals surface area contributed by atoms with Crippen molar-refractivity contribution in [3.63, 3.8) is 0 Å². The van der Waals surface area contributed by atoms with Crippen LogP contribution in [0.15, 0.2) is 20.1 Å². The molecule has 5 nitrogen and oxygen atoms in total. The van der Waals surface area contributed by atoms with E-state index in [0.717, 1.165) is 3.79 Å². The lowest BCUT2D eigenvalue weighted by atomic mass is 10.5. The van der Waals surface area contributed by atoms with Crippen LogP contribution in [-0.2, 0) is 19.5 Å². The van der Waals surface area contributed by atoms with E-state index in [1.165, 1.54) is 11.3 Å². The highest BCUT2D eigenvalue weighted by molar-refractivity contribution is 9.11. The maximum atomic E-state index is 11.8. The molecule has 0 spiro atoms. The SMILES string of the molecule is COCCOCCCNS(=O)(=O)c1ccc(Br)s1. The average molecular weight is 358 g/mol. The number of ether oxygens (including phenoxy) is 2. The van der Waals surface area contributed by atoms with Gasteiger partial charge in [-0.1, -0.05) is 0 Å². The fraction of sp³-hybridized carbons (Fsp3) is 0.600. The zero-order valence-electron chi connectivity index (χ0n) is 10.0. The average Bonchev–Trinajstić information content (AvgIpc) is 2.75. The van der Waals surface area contributed by atoms with Crippen LogP contribution in [0.4, 0.5) is 0 Å². The summed E-state index contributed by atoms with van der Waals surface area (Å²) in [5.41, 5.74) is 0. The molecule has 0 unspecified atom stereocenters. The van der Waals surface area contributed by atoms with Crippen LogP contribution in [0.5, 0.6) is 0 Å². The Bertz CT molecular complexity index is 446. The van der Waals surface area contributed by atoms with Gasteiger partial charge in [-0.25, -0.2) is 13.1 Å². The van der Waals surface area contributed by atoms with E-state index in [9.17, 15) is 8.42 Å².